The number of nitrogens with one attached hydrogen (secondary N) is 1. The van der Waals surface area contributed by atoms with Crippen molar-refractivity contribution in [2.45, 2.75) is 52.6 Å². The molecule has 1 aliphatic heterocycles. The van der Waals surface area contributed by atoms with Gasteiger partial charge in [-0.3, -0.25) is 4.90 Å². The number of hydrogen-bond donors (Lipinski definition) is 1. The Morgan fingerprint density at radius 2 is 2.28 bits per heavy atom. The van der Waals surface area contributed by atoms with E-state index in [4.69, 9.17) is 0 Å². The van der Waals surface area contributed by atoms with E-state index in [2.05, 4.69) is 36.0 Å². The van der Waals surface area contributed by atoms with Crippen LogP contribution in [0, 0.1) is 13.8 Å². The molecule has 0 aliphatic carbocycles. The Kier molecular flexibility index (Phi) is 5.15. The maximum absolute atomic E-state index is 4.53. The molecule has 2 rings (SSSR count). The second-order valence-corrected chi connectivity index (χ2v) is 6.56. The molecule has 3 nitrogen and oxygen atoms in total. The molecule has 2 heterocycles. The average Bonchev–Trinajstić information content (AvgIpc) is 2.90. The lowest BCUT2D eigenvalue weighted by molar-refractivity contribution is 0.243. The van der Waals surface area contributed by atoms with Gasteiger partial charge < -0.3 is 5.32 Å². The Labute approximate surface area is 115 Å². The number of nitrogens with zero attached hydrogens (tertiary/aromatic N) is 2. The van der Waals surface area contributed by atoms with Crippen molar-refractivity contribution in [3.63, 3.8) is 0 Å². The van der Waals surface area contributed by atoms with Crippen molar-refractivity contribution < 1.29 is 0 Å². The van der Waals surface area contributed by atoms with E-state index in [0.29, 0.717) is 6.04 Å². The van der Waals surface area contributed by atoms with E-state index in [9.17, 15) is 0 Å². The monoisotopic (exact) mass is 267 g/mol. The van der Waals surface area contributed by atoms with E-state index < -0.39 is 0 Å². The lowest BCUT2D eigenvalue weighted by Gasteiger charge is -2.24. The highest BCUT2D eigenvalue weighted by Crippen LogP contribution is 2.20. The van der Waals surface area contributed by atoms with Gasteiger partial charge >= 0.3 is 0 Å². The van der Waals surface area contributed by atoms with Crippen LogP contribution in [0.3, 0.4) is 0 Å². The van der Waals surface area contributed by atoms with Crippen LogP contribution in [-0.2, 0) is 6.54 Å². The van der Waals surface area contributed by atoms with Crippen LogP contribution in [0.1, 0.15) is 41.8 Å². The molecule has 1 N–H and O–H groups in total. The maximum Gasteiger partial charge on any atom is 0.0900 e. The summed E-state index contributed by atoms with van der Waals surface area (Å²) in [6.07, 6.45) is 3.90. The Morgan fingerprint density at radius 3 is 2.83 bits per heavy atom. The summed E-state index contributed by atoms with van der Waals surface area (Å²) in [7, 11) is 0. The van der Waals surface area contributed by atoms with E-state index in [1.165, 1.54) is 54.5 Å². The lowest BCUT2D eigenvalue weighted by Crippen LogP contribution is -2.37. The molecule has 1 aliphatic rings. The second-order valence-electron chi connectivity index (χ2n) is 5.27. The standard InChI is InChI=1S/C14H25N3S/c1-4-8-17(9-13-6-5-7-15-13)10-14-11(2)16-12(3)18-14/h13,15H,4-10H2,1-3H3. The van der Waals surface area contributed by atoms with Gasteiger partial charge in [0, 0.05) is 24.0 Å². The van der Waals surface area contributed by atoms with Gasteiger partial charge in [-0.05, 0) is 46.2 Å². The van der Waals surface area contributed by atoms with Crippen molar-refractivity contribution in [3.8, 4) is 0 Å². The molecule has 0 bridgehead atoms. The number of aromatic nitrogens is 1. The second kappa shape index (κ2) is 6.64. The molecule has 1 fully saturated rings. The Bertz CT molecular complexity index is 369. The van der Waals surface area contributed by atoms with Gasteiger partial charge in [0.1, 0.15) is 0 Å². The summed E-state index contributed by atoms with van der Waals surface area (Å²) in [6.45, 7) is 11.1. The van der Waals surface area contributed by atoms with Gasteiger partial charge in [-0.2, -0.15) is 0 Å². The largest absolute Gasteiger partial charge is 0.313 e. The lowest BCUT2D eigenvalue weighted by atomic mass is 10.2. The van der Waals surface area contributed by atoms with Crippen LogP contribution in [0.2, 0.25) is 0 Å². The number of aryl methyl sites for hydroxylation is 2. The summed E-state index contributed by atoms with van der Waals surface area (Å²) in [6, 6.07) is 0.700. The molecule has 18 heavy (non-hydrogen) atoms. The molecule has 0 spiro atoms. The third-order valence-electron chi connectivity index (χ3n) is 3.55. The molecule has 1 saturated heterocycles. The summed E-state index contributed by atoms with van der Waals surface area (Å²) in [5.41, 5.74) is 1.22. The maximum atomic E-state index is 4.53. The zero-order chi connectivity index (χ0) is 13.0. The van der Waals surface area contributed by atoms with Gasteiger partial charge in [-0.25, -0.2) is 4.98 Å². The summed E-state index contributed by atoms with van der Waals surface area (Å²) >= 11 is 1.85. The molecule has 0 radical (unpaired) electrons. The first-order valence-corrected chi connectivity index (χ1v) is 7.89. The van der Waals surface area contributed by atoms with Gasteiger partial charge in [-0.15, -0.1) is 11.3 Å². The molecule has 4 heteroatoms. The minimum absolute atomic E-state index is 0.700. The third kappa shape index (κ3) is 3.77. The van der Waals surface area contributed by atoms with Gasteiger partial charge in [-0.1, -0.05) is 6.92 Å². The minimum atomic E-state index is 0.700. The van der Waals surface area contributed by atoms with Crippen LogP contribution in [0.25, 0.3) is 0 Å². The Hall–Kier alpha value is -0.450. The van der Waals surface area contributed by atoms with Crippen LogP contribution >= 0.6 is 11.3 Å². The Balaban J connectivity index is 1.94. The smallest absolute Gasteiger partial charge is 0.0900 e. The first kappa shape index (κ1) is 14.0. The number of rotatable bonds is 6. The Morgan fingerprint density at radius 1 is 1.44 bits per heavy atom. The zero-order valence-electron chi connectivity index (χ0n) is 11.8. The number of hydrogen-bond acceptors (Lipinski definition) is 4. The predicted octanol–water partition coefficient (Wildman–Crippen LogP) is 2.72. The fourth-order valence-corrected chi connectivity index (χ4v) is 3.68. The van der Waals surface area contributed by atoms with Crippen LogP contribution in [0.15, 0.2) is 0 Å². The van der Waals surface area contributed by atoms with E-state index >= 15 is 0 Å². The van der Waals surface area contributed by atoms with Crippen molar-refractivity contribution in [1.29, 1.82) is 0 Å². The van der Waals surface area contributed by atoms with Gasteiger partial charge in [0.15, 0.2) is 0 Å². The molecule has 102 valence electrons. The van der Waals surface area contributed by atoms with Crippen LogP contribution in [-0.4, -0.2) is 35.6 Å². The van der Waals surface area contributed by atoms with Crippen LogP contribution in [0.4, 0.5) is 0 Å². The van der Waals surface area contributed by atoms with Gasteiger partial charge in [0.2, 0.25) is 0 Å². The quantitative estimate of drug-likeness (QED) is 0.859. The first-order chi connectivity index (χ1) is 8.69. The first-order valence-electron chi connectivity index (χ1n) is 7.07. The van der Waals surface area contributed by atoms with E-state index in [0.717, 1.165) is 6.54 Å². The fraction of sp³-hybridized carbons (Fsp3) is 0.786. The molecule has 0 saturated carbocycles. The average molecular weight is 267 g/mol. The minimum Gasteiger partial charge on any atom is -0.313 e. The highest BCUT2D eigenvalue weighted by Gasteiger charge is 2.18. The zero-order valence-corrected chi connectivity index (χ0v) is 12.6. The molecule has 1 unspecified atom stereocenters. The summed E-state index contributed by atoms with van der Waals surface area (Å²) in [5.74, 6) is 0. The normalized spacial score (nSPS) is 19.9. The third-order valence-corrected chi connectivity index (χ3v) is 4.61. The van der Waals surface area contributed by atoms with Crippen molar-refractivity contribution in [1.82, 2.24) is 15.2 Å². The fourth-order valence-electron chi connectivity index (χ4n) is 2.70. The highest BCUT2D eigenvalue weighted by atomic mass is 32.1. The van der Waals surface area contributed by atoms with Crippen LogP contribution < -0.4 is 5.32 Å². The predicted molar refractivity (Wildman–Crippen MR) is 78.2 cm³/mol. The SMILES string of the molecule is CCCN(Cc1sc(C)nc1C)CC1CCCN1. The summed E-state index contributed by atoms with van der Waals surface area (Å²) in [4.78, 5) is 8.56. The molecule has 0 amide bonds. The number of thiazole rings is 1. The summed E-state index contributed by atoms with van der Waals surface area (Å²) < 4.78 is 0. The van der Waals surface area contributed by atoms with E-state index in [1.807, 2.05) is 11.3 Å². The molecular weight excluding hydrogens is 242 g/mol. The summed E-state index contributed by atoms with van der Waals surface area (Å²) in [5, 5.41) is 4.79. The molecule has 0 aromatic carbocycles. The topological polar surface area (TPSA) is 28.2 Å². The molecule has 1 atom stereocenters. The van der Waals surface area contributed by atoms with Crippen molar-refractivity contribution >= 4 is 11.3 Å². The molecular formula is C14H25N3S. The highest BCUT2D eigenvalue weighted by molar-refractivity contribution is 7.11. The van der Waals surface area contributed by atoms with Crippen molar-refractivity contribution in [2.24, 2.45) is 0 Å². The molecule has 1 aromatic rings. The van der Waals surface area contributed by atoms with Crippen molar-refractivity contribution in [3.05, 3.63) is 15.6 Å². The van der Waals surface area contributed by atoms with Gasteiger partial charge in [0.05, 0.1) is 10.7 Å². The molecule has 1 aromatic heterocycles. The van der Waals surface area contributed by atoms with E-state index in [-0.39, 0.29) is 0 Å². The van der Waals surface area contributed by atoms with E-state index in [1.54, 1.807) is 0 Å². The van der Waals surface area contributed by atoms with Crippen LogP contribution in [0.5, 0.6) is 0 Å². The van der Waals surface area contributed by atoms with Crippen molar-refractivity contribution in [2.75, 3.05) is 19.6 Å². The van der Waals surface area contributed by atoms with Gasteiger partial charge in [0.25, 0.3) is 0 Å².